The molecule has 16 heavy (non-hydrogen) atoms. The molecule has 0 atom stereocenters. The number of hydrogen-bond acceptors (Lipinski definition) is 3. The Hall–Kier alpha value is -1.29. The second-order valence-electron chi connectivity index (χ2n) is 4.27. The fourth-order valence-corrected chi connectivity index (χ4v) is 1.42. The molecule has 90 valence electrons. The van der Waals surface area contributed by atoms with Gasteiger partial charge < -0.3 is 14.6 Å². The van der Waals surface area contributed by atoms with E-state index in [1.165, 1.54) is 0 Å². The first-order valence-electron chi connectivity index (χ1n) is 5.52. The predicted octanol–water partition coefficient (Wildman–Crippen LogP) is 1.63. The molecule has 1 aromatic heterocycles. The van der Waals surface area contributed by atoms with Gasteiger partial charge in [-0.25, -0.2) is 0 Å². The van der Waals surface area contributed by atoms with Crippen LogP contribution in [0, 0.1) is 0 Å². The van der Waals surface area contributed by atoms with E-state index in [0.717, 1.165) is 5.76 Å². The van der Waals surface area contributed by atoms with E-state index < -0.39 is 5.54 Å². The Morgan fingerprint density at radius 1 is 1.56 bits per heavy atom. The van der Waals surface area contributed by atoms with E-state index in [9.17, 15) is 4.79 Å². The van der Waals surface area contributed by atoms with Gasteiger partial charge in [-0.15, -0.1) is 0 Å². The Morgan fingerprint density at radius 2 is 2.25 bits per heavy atom. The van der Waals surface area contributed by atoms with Crippen LogP contribution in [0.1, 0.15) is 26.5 Å². The highest BCUT2D eigenvalue weighted by molar-refractivity contribution is 5.85. The highest BCUT2D eigenvalue weighted by Gasteiger charge is 2.29. The summed E-state index contributed by atoms with van der Waals surface area (Å²) in [6.07, 6.45) is 1.62. The van der Waals surface area contributed by atoms with E-state index in [0.29, 0.717) is 13.1 Å². The van der Waals surface area contributed by atoms with Crippen LogP contribution >= 0.6 is 0 Å². The molecule has 0 aliphatic heterocycles. The highest BCUT2D eigenvalue weighted by Crippen LogP contribution is 2.11. The highest BCUT2D eigenvalue weighted by atomic mass is 16.3. The fraction of sp³-hybridized carbons (Fsp3) is 0.583. The number of carbonyl (C=O) groups is 1. The Labute approximate surface area is 96.6 Å². The maximum atomic E-state index is 12.2. The lowest BCUT2D eigenvalue weighted by Gasteiger charge is -2.30. The van der Waals surface area contributed by atoms with Crippen LogP contribution in [0.5, 0.6) is 0 Å². The summed E-state index contributed by atoms with van der Waals surface area (Å²) in [7, 11) is 1.79. The van der Waals surface area contributed by atoms with Crippen molar-refractivity contribution in [3.8, 4) is 0 Å². The van der Waals surface area contributed by atoms with Gasteiger partial charge >= 0.3 is 0 Å². The summed E-state index contributed by atoms with van der Waals surface area (Å²) in [6.45, 7) is 6.91. The minimum atomic E-state index is -0.539. The molecule has 1 rings (SSSR count). The van der Waals surface area contributed by atoms with Crippen LogP contribution in [0.2, 0.25) is 0 Å². The number of nitrogens with zero attached hydrogens (tertiary/aromatic N) is 1. The zero-order valence-electron chi connectivity index (χ0n) is 10.4. The number of amides is 1. The first-order valence-corrected chi connectivity index (χ1v) is 5.52. The Morgan fingerprint density at radius 3 is 2.69 bits per heavy atom. The summed E-state index contributed by atoms with van der Waals surface area (Å²) >= 11 is 0. The lowest BCUT2D eigenvalue weighted by atomic mass is 10.0. The quantitative estimate of drug-likeness (QED) is 0.826. The number of hydrogen-bond donors (Lipinski definition) is 1. The molecule has 1 N–H and O–H groups in total. The lowest BCUT2D eigenvalue weighted by Crippen LogP contribution is -2.52. The predicted molar refractivity (Wildman–Crippen MR) is 62.9 cm³/mol. The molecule has 0 saturated carbocycles. The molecule has 0 bridgehead atoms. The maximum absolute atomic E-state index is 12.2. The summed E-state index contributed by atoms with van der Waals surface area (Å²) in [5.74, 6) is 0.885. The van der Waals surface area contributed by atoms with E-state index >= 15 is 0 Å². The van der Waals surface area contributed by atoms with E-state index in [1.54, 1.807) is 18.2 Å². The molecular weight excluding hydrogens is 204 g/mol. The molecule has 0 radical (unpaired) electrons. The largest absolute Gasteiger partial charge is 0.467 e. The Kier molecular flexibility index (Phi) is 4.12. The van der Waals surface area contributed by atoms with E-state index in [-0.39, 0.29) is 5.91 Å². The van der Waals surface area contributed by atoms with E-state index in [1.807, 2.05) is 32.9 Å². The van der Waals surface area contributed by atoms with Crippen LogP contribution in [-0.2, 0) is 11.3 Å². The summed E-state index contributed by atoms with van der Waals surface area (Å²) < 4.78 is 5.25. The molecule has 0 unspecified atom stereocenters. The van der Waals surface area contributed by atoms with Gasteiger partial charge in [0.1, 0.15) is 5.76 Å². The summed E-state index contributed by atoms with van der Waals surface area (Å²) in [4.78, 5) is 13.9. The van der Waals surface area contributed by atoms with Crippen molar-refractivity contribution in [3.63, 3.8) is 0 Å². The van der Waals surface area contributed by atoms with Crippen LogP contribution in [0.4, 0.5) is 0 Å². The minimum Gasteiger partial charge on any atom is -0.467 e. The topological polar surface area (TPSA) is 45.5 Å². The van der Waals surface area contributed by atoms with E-state index in [4.69, 9.17) is 4.42 Å². The van der Waals surface area contributed by atoms with Gasteiger partial charge in [-0.05, 0) is 40.0 Å². The number of likely N-dealkylation sites (N-methyl/N-ethyl adjacent to an activating group) is 2. The summed E-state index contributed by atoms with van der Waals surface area (Å²) in [6, 6.07) is 3.71. The Bertz CT molecular complexity index is 331. The van der Waals surface area contributed by atoms with Gasteiger partial charge in [-0.1, -0.05) is 0 Å². The third kappa shape index (κ3) is 2.85. The monoisotopic (exact) mass is 224 g/mol. The van der Waals surface area contributed by atoms with Gasteiger partial charge in [0.05, 0.1) is 18.3 Å². The summed E-state index contributed by atoms with van der Waals surface area (Å²) in [5.41, 5.74) is -0.539. The van der Waals surface area contributed by atoms with Crippen molar-refractivity contribution >= 4 is 5.91 Å². The number of furan rings is 1. The lowest BCUT2D eigenvalue weighted by molar-refractivity contribution is -0.137. The molecule has 0 aliphatic carbocycles. The zero-order chi connectivity index (χ0) is 12.2. The molecule has 1 amide bonds. The molecule has 1 heterocycles. The molecule has 0 aliphatic rings. The van der Waals surface area contributed by atoms with Crippen molar-refractivity contribution < 1.29 is 9.21 Å². The van der Waals surface area contributed by atoms with Crippen LogP contribution in [0.25, 0.3) is 0 Å². The fourth-order valence-electron chi connectivity index (χ4n) is 1.42. The molecule has 0 spiro atoms. The van der Waals surface area contributed by atoms with Crippen LogP contribution < -0.4 is 5.32 Å². The van der Waals surface area contributed by atoms with Gasteiger partial charge in [-0.3, -0.25) is 4.79 Å². The smallest absolute Gasteiger partial charge is 0.242 e. The van der Waals surface area contributed by atoms with E-state index in [2.05, 4.69) is 5.32 Å². The van der Waals surface area contributed by atoms with Crippen molar-refractivity contribution in [1.29, 1.82) is 0 Å². The van der Waals surface area contributed by atoms with Crippen molar-refractivity contribution in [1.82, 2.24) is 10.2 Å². The van der Waals surface area contributed by atoms with Gasteiger partial charge in [0.25, 0.3) is 0 Å². The first-order chi connectivity index (χ1) is 7.51. The molecule has 4 nitrogen and oxygen atoms in total. The molecule has 1 aromatic rings. The van der Waals surface area contributed by atoms with Crippen molar-refractivity contribution in [3.05, 3.63) is 24.2 Å². The zero-order valence-corrected chi connectivity index (χ0v) is 10.4. The summed E-state index contributed by atoms with van der Waals surface area (Å²) in [5, 5.41) is 3.01. The Balaban J connectivity index is 2.71. The van der Waals surface area contributed by atoms with Crippen LogP contribution in [-0.4, -0.2) is 29.9 Å². The minimum absolute atomic E-state index is 0.0777. The first kappa shape index (κ1) is 12.8. The second kappa shape index (κ2) is 5.16. The number of rotatable bonds is 5. The molecule has 0 aromatic carbocycles. The number of carbonyl (C=O) groups excluding carboxylic acids is 1. The second-order valence-corrected chi connectivity index (χ2v) is 4.27. The molecule has 4 heteroatoms. The maximum Gasteiger partial charge on any atom is 0.242 e. The third-order valence-electron chi connectivity index (χ3n) is 2.76. The standard InChI is InChI=1S/C12H20N2O2/c1-5-14(9-10-7-6-8-16-10)11(15)12(2,3)13-4/h6-8,13H,5,9H2,1-4H3. The average molecular weight is 224 g/mol. The van der Waals surface area contributed by atoms with Crippen molar-refractivity contribution in [2.24, 2.45) is 0 Å². The van der Waals surface area contributed by atoms with Gasteiger partial charge in [0.15, 0.2) is 0 Å². The third-order valence-corrected chi connectivity index (χ3v) is 2.76. The molecular formula is C12H20N2O2. The van der Waals surface area contributed by atoms with Crippen LogP contribution in [0.15, 0.2) is 22.8 Å². The number of nitrogens with one attached hydrogen (secondary N) is 1. The van der Waals surface area contributed by atoms with Crippen molar-refractivity contribution in [2.75, 3.05) is 13.6 Å². The SMILES string of the molecule is CCN(Cc1ccco1)C(=O)C(C)(C)NC. The van der Waals surface area contributed by atoms with Crippen molar-refractivity contribution in [2.45, 2.75) is 32.9 Å². The van der Waals surface area contributed by atoms with Crippen LogP contribution in [0.3, 0.4) is 0 Å². The van der Waals surface area contributed by atoms with Gasteiger partial charge in [0.2, 0.25) is 5.91 Å². The normalized spacial score (nSPS) is 11.5. The average Bonchev–Trinajstić information content (AvgIpc) is 2.77. The van der Waals surface area contributed by atoms with Gasteiger partial charge in [0, 0.05) is 6.54 Å². The molecule has 0 fully saturated rings. The van der Waals surface area contributed by atoms with Gasteiger partial charge in [-0.2, -0.15) is 0 Å². The molecule has 0 saturated heterocycles.